The molecule has 1 unspecified atom stereocenters. The van der Waals surface area contributed by atoms with Gasteiger partial charge in [0, 0.05) is 19.3 Å². The third kappa shape index (κ3) is 58.3. The van der Waals surface area contributed by atoms with E-state index in [9.17, 15) is 14.4 Å². The fraction of sp³-hybridized carbons (Fsp3) is 0.627. The maximum absolute atomic E-state index is 12.8. The zero-order chi connectivity index (χ0) is 52.9. The summed E-state index contributed by atoms with van der Waals surface area (Å²) in [5.74, 6) is -1.11. The van der Waals surface area contributed by atoms with Crippen LogP contribution in [-0.4, -0.2) is 37.2 Å². The van der Waals surface area contributed by atoms with Crippen molar-refractivity contribution < 1.29 is 28.6 Å². The number of carbonyl (C=O) groups is 3. The van der Waals surface area contributed by atoms with Crippen molar-refractivity contribution in [2.45, 2.75) is 258 Å². The summed E-state index contributed by atoms with van der Waals surface area (Å²) in [5.41, 5.74) is 0. The molecule has 0 N–H and O–H groups in total. The number of ether oxygens (including phenoxy) is 3. The number of rotatable bonds is 52. The van der Waals surface area contributed by atoms with Crippen molar-refractivity contribution in [3.05, 3.63) is 134 Å². The Morgan fingerprint density at radius 2 is 0.562 bits per heavy atom. The predicted octanol–water partition coefficient (Wildman–Crippen LogP) is 20.2. The molecule has 0 aliphatic rings. The van der Waals surface area contributed by atoms with Crippen LogP contribution in [-0.2, 0) is 28.6 Å². The van der Waals surface area contributed by atoms with Crippen molar-refractivity contribution >= 4 is 17.9 Å². The molecule has 0 aliphatic carbocycles. The second kappa shape index (κ2) is 60.1. The molecule has 0 fully saturated rings. The second-order valence-corrected chi connectivity index (χ2v) is 19.1. The normalized spacial score (nSPS) is 13.1. The molecule has 6 nitrogen and oxygen atoms in total. The largest absolute Gasteiger partial charge is 0.462 e. The molecule has 0 aromatic carbocycles. The first-order chi connectivity index (χ1) is 36.0. The van der Waals surface area contributed by atoms with E-state index in [-0.39, 0.29) is 38.0 Å². The molecule has 73 heavy (non-hydrogen) atoms. The molecule has 0 aromatic heterocycles. The molecule has 0 saturated heterocycles. The van der Waals surface area contributed by atoms with Gasteiger partial charge < -0.3 is 14.2 Å². The summed E-state index contributed by atoms with van der Waals surface area (Å²) in [6, 6.07) is 0. The molecule has 0 bridgehead atoms. The smallest absolute Gasteiger partial charge is 0.306 e. The fourth-order valence-electron chi connectivity index (χ4n) is 7.77. The van der Waals surface area contributed by atoms with Crippen molar-refractivity contribution in [3.8, 4) is 0 Å². The highest BCUT2D eigenvalue weighted by Gasteiger charge is 2.19. The Labute approximate surface area is 449 Å². The zero-order valence-electron chi connectivity index (χ0n) is 47.1. The lowest BCUT2D eigenvalue weighted by Crippen LogP contribution is -2.30. The van der Waals surface area contributed by atoms with Gasteiger partial charge in [-0.1, -0.05) is 257 Å². The van der Waals surface area contributed by atoms with Crippen molar-refractivity contribution in [3.63, 3.8) is 0 Å². The summed E-state index contributed by atoms with van der Waals surface area (Å²) in [6.45, 7) is 6.26. The molecule has 0 heterocycles. The van der Waals surface area contributed by atoms with Crippen molar-refractivity contribution in [1.82, 2.24) is 0 Å². The third-order valence-corrected chi connectivity index (χ3v) is 12.1. The quantitative estimate of drug-likeness (QED) is 0.0261. The van der Waals surface area contributed by atoms with Gasteiger partial charge in [0.1, 0.15) is 13.2 Å². The average molecular weight is 1010 g/mol. The summed E-state index contributed by atoms with van der Waals surface area (Å²) in [5, 5.41) is 0. The maximum Gasteiger partial charge on any atom is 0.306 e. The molecular weight excluding hydrogens is 901 g/mol. The van der Waals surface area contributed by atoms with Crippen LogP contribution >= 0.6 is 0 Å². The summed E-state index contributed by atoms with van der Waals surface area (Å²) in [4.78, 5) is 38.0. The topological polar surface area (TPSA) is 78.9 Å². The monoisotopic (exact) mass is 1010 g/mol. The van der Waals surface area contributed by atoms with Gasteiger partial charge in [-0.25, -0.2) is 0 Å². The van der Waals surface area contributed by atoms with E-state index < -0.39 is 12.1 Å². The van der Waals surface area contributed by atoms with Crippen LogP contribution in [0.15, 0.2) is 134 Å². The Morgan fingerprint density at radius 1 is 0.288 bits per heavy atom. The predicted molar refractivity (Wildman–Crippen MR) is 316 cm³/mol. The standard InChI is InChI=1S/C67H108O6/c1-4-7-10-13-16-19-22-25-26-27-28-29-30-31-32-33-34-35-36-37-38-39-40-43-45-48-51-54-57-60-66(69)72-63-64(73-67(70)61-58-55-52-49-46-42-24-21-18-15-12-9-6-3)62-71-65(68)59-56-53-50-47-44-41-23-20-17-14-11-8-5-2/h8-9,11-12,17-18,20-22,25,27-28,30-31,41-42,44,46,50,52-53,55,64H,4-7,10,13-16,19,23-24,26,29,32-40,43,45,47-49,51,54,56-63H2,1-3H3/b11-8-,12-9-,20-17-,21-18-,25-22-,28-27-,31-30-,44-41-,46-42-,53-50-,55-52-. The maximum atomic E-state index is 12.8. The van der Waals surface area contributed by atoms with Crippen molar-refractivity contribution in [1.29, 1.82) is 0 Å². The first-order valence-electron chi connectivity index (χ1n) is 29.7. The highest BCUT2D eigenvalue weighted by atomic mass is 16.6. The van der Waals surface area contributed by atoms with E-state index >= 15 is 0 Å². The van der Waals surface area contributed by atoms with Gasteiger partial charge >= 0.3 is 17.9 Å². The van der Waals surface area contributed by atoms with E-state index in [1.165, 1.54) is 116 Å². The molecule has 0 aromatic rings. The van der Waals surface area contributed by atoms with Gasteiger partial charge in [0.2, 0.25) is 0 Å². The van der Waals surface area contributed by atoms with Gasteiger partial charge in [-0.2, -0.15) is 0 Å². The van der Waals surface area contributed by atoms with Crippen molar-refractivity contribution in [2.75, 3.05) is 13.2 Å². The Balaban J connectivity index is 4.30. The van der Waals surface area contributed by atoms with Crippen molar-refractivity contribution in [2.24, 2.45) is 0 Å². The van der Waals surface area contributed by atoms with Gasteiger partial charge in [0.25, 0.3) is 0 Å². The molecule has 0 radical (unpaired) electrons. The van der Waals surface area contributed by atoms with Crippen LogP contribution in [0.1, 0.15) is 252 Å². The van der Waals surface area contributed by atoms with E-state index in [1.54, 1.807) is 0 Å². The number of esters is 3. The Bertz CT molecular complexity index is 1580. The zero-order valence-corrected chi connectivity index (χ0v) is 47.1. The van der Waals surface area contributed by atoms with Gasteiger partial charge in [-0.05, 0) is 109 Å². The molecule has 6 heteroatoms. The Hall–Kier alpha value is -4.45. The van der Waals surface area contributed by atoms with E-state index in [0.717, 1.165) is 83.5 Å². The number of carbonyl (C=O) groups excluding carboxylic acids is 3. The molecule has 1 atom stereocenters. The summed E-state index contributed by atoms with van der Waals surface area (Å²) < 4.78 is 16.7. The first-order valence-corrected chi connectivity index (χ1v) is 29.7. The first kappa shape index (κ1) is 68.6. The number of allylic oxidation sites excluding steroid dienone is 22. The molecule has 0 aliphatic heterocycles. The lowest BCUT2D eigenvalue weighted by atomic mass is 10.0. The van der Waals surface area contributed by atoms with Crippen LogP contribution in [0.5, 0.6) is 0 Å². The van der Waals surface area contributed by atoms with E-state index in [1.807, 2.05) is 24.3 Å². The van der Waals surface area contributed by atoms with Gasteiger partial charge in [-0.15, -0.1) is 0 Å². The molecule has 0 spiro atoms. The van der Waals surface area contributed by atoms with E-state index in [0.29, 0.717) is 19.3 Å². The van der Waals surface area contributed by atoms with Gasteiger partial charge in [-0.3, -0.25) is 14.4 Å². The van der Waals surface area contributed by atoms with Crippen LogP contribution in [0.4, 0.5) is 0 Å². The molecule has 0 rings (SSSR count). The average Bonchev–Trinajstić information content (AvgIpc) is 3.39. The lowest BCUT2D eigenvalue weighted by Gasteiger charge is -2.18. The minimum absolute atomic E-state index is 0.132. The van der Waals surface area contributed by atoms with Gasteiger partial charge in [0.15, 0.2) is 6.10 Å². The molecule has 0 saturated carbocycles. The second-order valence-electron chi connectivity index (χ2n) is 19.1. The van der Waals surface area contributed by atoms with E-state index in [2.05, 4.69) is 130 Å². The number of unbranched alkanes of at least 4 members (excludes halogenated alkanes) is 19. The summed E-state index contributed by atoms with van der Waals surface area (Å²) >= 11 is 0. The Kier molecular flexibility index (Phi) is 56.4. The highest BCUT2D eigenvalue weighted by Crippen LogP contribution is 2.15. The Morgan fingerprint density at radius 3 is 0.918 bits per heavy atom. The summed E-state index contributed by atoms with van der Waals surface area (Å²) in [6.07, 6.45) is 85.0. The SMILES string of the molecule is CC/C=C\C/C=C\C/C=C\C/C=C\CCC(=O)OCC(COC(=O)CCCCCCCCCCCCCCCC/C=C\C/C=C\C/C=C\CCCCCCC)OC(=O)CC/C=C\C/C=C\C/C=C\C/C=C\CC. The third-order valence-electron chi connectivity index (χ3n) is 12.1. The number of hydrogen-bond acceptors (Lipinski definition) is 6. The van der Waals surface area contributed by atoms with Crippen LogP contribution in [0.2, 0.25) is 0 Å². The molecule has 412 valence electrons. The highest BCUT2D eigenvalue weighted by molar-refractivity contribution is 5.71. The van der Waals surface area contributed by atoms with Crippen LogP contribution in [0.25, 0.3) is 0 Å². The van der Waals surface area contributed by atoms with Crippen LogP contribution in [0.3, 0.4) is 0 Å². The molecule has 0 amide bonds. The number of hydrogen-bond donors (Lipinski definition) is 0. The lowest BCUT2D eigenvalue weighted by molar-refractivity contribution is -0.166. The van der Waals surface area contributed by atoms with Crippen LogP contribution in [0, 0.1) is 0 Å². The summed E-state index contributed by atoms with van der Waals surface area (Å²) in [7, 11) is 0. The fourth-order valence-corrected chi connectivity index (χ4v) is 7.77. The van der Waals surface area contributed by atoms with Gasteiger partial charge in [0.05, 0.1) is 0 Å². The minimum atomic E-state index is -0.849. The van der Waals surface area contributed by atoms with Crippen LogP contribution < -0.4 is 0 Å². The minimum Gasteiger partial charge on any atom is -0.462 e. The van der Waals surface area contributed by atoms with E-state index in [4.69, 9.17) is 14.2 Å². The molecular formula is C67H108O6.